The minimum absolute atomic E-state index is 0.275. The molecule has 0 bridgehead atoms. The van der Waals surface area contributed by atoms with E-state index < -0.39 is 26.7 Å². The Balaban J connectivity index is 1.78. The fourth-order valence-corrected chi connectivity index (χ4v) is 5.38. The molecule has 0 saturated carbocycles. The van der Waals surface area contributed by atoms with Crippen LogP contribution in [0.25, 0.3) is 0 Å². The number of nitrogens with one attached hydrogen (secondary N) is 1. The molecule has 2 aliphatic heterocycles. The van der Waals surface area contributed by atoms with Gasteiger partial charge in [-0.25, -0.2) is 8.42 Å². The highest BCUT2D eigenvalue weighted by Gasteiger charge is 2.40. The van der Waals surface area contributed by atoms with Crippen LogP contribution < -0.4 is 5.32 Å². The van der Waals surface area contributed by atoms with Crippen molar-refractivity contribution in [3.05, 3.63) is 29.8 Å². The molecule has 0 aromatic heterocycles. The summed E-state index contributed by atoms with van der Waals surface area (Å²) in [4.78, 5) is -0.644. The van der Waals surface area contributed by atoms with Crippen LogP contribution in [0.15, 0.2) is 29.2 Å². The van der Waals surface area contributed by atoms with E-state index in [1.54, 1.807) is 0 Å². The summed E-state index contributed by atoms with van der Waals surface area (Å²) in [6.45, 7) is 1.54. The van der Waals surface area contributed by atoms with Gasteiger partial charge in [0.15, 0.2) is 0 Å². The first-order chi connectivity index (χ1) is 11.3. The van der Waals surface area contributed by atoms with Crippen molar-refractivity contribution < 1.29 is 21.6 Å². The third-order valence-corrected chi connectivity index (χ3v) is 6.93. The lowest BCUT2D eigenvalue weighted by molar-refractivity contribution is -0.139. The molecule has 3 rings (SSSR count). The molecule has 4 nitrogen and oxygen atoms in total. The molecule has 1 N–H and O–H groups in total. The molecule has 1 aromatic rings. The summed E-state index contributed by atoms with van der Waals surface area (Å²) in [6, 6.07) is 4.82. The van der Waals surface area contributed by atoms with Crippen LogP contribution in [0.4, 0.5) is 13.2 Å². The maximum Gasteiger partial charge on any atom is 0.417 e. The lowest BCUT2D eigenvalue weighted by Gasteiger charge is -2.34. The largest absolute Gasteiger partial charge is 0.417 e. The zero-order valence-electron chi connectivity index (χ0n) is 13.2. The Morgan fingerprint density at radius 3 is 2.33 bits per heavy atom. The standard InChI is InChI=1S/C16H21F3N2O2S/c17-16(18,19)13-4-1-2-6-15(13)24(22,23)21-10-7-12(8-11-21)14-5-3-9-20-14/h1-2,4,6,12,14,20H,3,5,7-11H2. The van der Waals surface area contributed by atoms with E-state index in [0.717, 1.165) is 31.5 Å². The minimum atomic E-state index is -4.68. The van der Waals surface area contributed by atoms with Crippen LogP contribution in [0.5, 0.6) is 0 Å². The predicted octanol–water partition coefficient (Wildman–Crippen LogP) is 2.86. The number of alkyl halides is 3. The fourth-order valence-electron chi connectivity index (χ4n) is 3.70. The first kappa shape index (κ1) is 17.7. The molecular weight excluding hydrogens is 341 g/mol. The molecule has 8 heteroatoms. The molecule has 1 unspecified atom stereocenters. The number of hydrogen-bond donors (Lipinski definition) is 1. The normalized spacial score (nSPS) is 24.4. The minimum Gasteiger partial charge on any atom is -0.314 e. The van der Waals surface area contributed by atoms with E-state index in [2.05, 4.69) is 5.32 Å². The molecule has 1 aromatic carbocycles. The van der Waals surface area contributed by atoms with Crippen LogP contribution in [0.2, 0.25) is 0 Å². The topological polar surface area (TPSA) is 49.4 Å². The summed E-state index contributed by atoms with van der Waals surface area (Å²) < 4.78 is 65.9. The molecule has 0 radical (unpaired) electrons. The van der Waals surface area contributed by atoms with Crippen molar-refractivity contribution in [2.75, 3.05) is 19.6 Å². The third-order valence-electron chi connectivity index (χ3n) is 4.98. The Kier molecular flexibility index (Phi) is 4.90. The maximum absolute atomic E-state index is 13.1. The van der Waals surface area contributed by atoms with Gasteiger partial charge in [0.2, 0.25) is 10.0 Å². The highest BCUT2D eigenvalue weighted by atomic mass is 32.2. The smallest absolute Gasteiger partial charge is 0.314 e. The molecule has 0 aliphatic carbocycles. The average molecular weight is 362 g/mol. The van der Waals surface area contributed by atoms with Gasteiger partial charge in [-0.2, -0.15) is 17.5 Å². The van der Waals surface area contributed by atoms with Gasteiger partial charge in [0, 0.05) is 19.1 Å². The molecular formula is C16H21F3N2O2S. The summed E-state index contributed by atoms with van der Waals surface area (Å²) in [6.07, 6.45) is -1.09. The van der Waals surface area contributed by atoms with Crippen molar-refractivity contribution in [1.82, 2.24) is 9.62 Å². The van der Waals surface area contributed by atoms with E-state index in [1.807, 2.05) is 0 Å². The second-order valence-electron chi connectivity index (χ2n) is 6.44. The van der Waals surface area contributed by atoms with Crippen LogP contribution in [0, 0.1) is 5.92 Å². The van der Waals surface area contributed by atoms with Crippen molar-refractivity contribution in [1.29, 1.82) is 0 Å². The molecule has 1 atom stereocenters. The van der Waals surface area contributed by atoms with Gasteiger partial charge in [-0.1, -0.05) is 12.1 Å². The maximum atomic E-state index is 13.1. The zero-order valence-corrected chi connectivity index (χ0v) is 14.0. The molecule has 134 valence electrons. The predicted molar refractivity (Wildman–Crippen MR) is 84.0 cm³/mol. The first-order valence-corrected chi connectivity index (χ1v) is 9.64. The van der Waals surface area contributed by atoms with E-state index in [-0.39, 0.29) is 13.1 Å². The van der Waals surface area contributed by atoms with Crippen LogP contribution in [0.3, 0.4) is 0 Å². The molecule has 0 spiro atoms. The van der Waals surface area contributed by atoms with Crippen LogP contribution >= 0.6 is 0 Å². The monoisotopic (exact) mass is 362 g/mol. The van der Waals surface area contributed by atoms with Crippen molar-refractivity contribution >= 4 is 10.0 Å². The quantitative estimate of drug-likeness (QED) is 0.900. The van der Waals surface area contributed by atoms with Crippen LogP contribution in [-0.2, 0) is 16.2 Å². The van der Waals surface area contributed by atoms with Crippen molar-refractivity contribution in [2.24, 2.45) is 5.92 Å². The van der Waals surface area contributed by atoms with Gasteiger partial charge in [-0.05, 0) is 50.3 Å². The second kappa shape index (κ2) is 6.65. The van der Waals surface area contributed by atoms with E-state index in [0.29, 0.717) is 24.8 Å². The van der Waals surface area contributed by atoms with Crippen molar-refractivity contribution in [3.8, 4) is 0 Å². The van der Waals surface area contributed by atoms with Crippen LogP contribution in [-0.4, -0.2) is 38.4 Å². The number of hydrogen-bond acceptors (Lipinski definition) is 3. The van der Waals surface area contributed by atoms with Crippen molar-refractivity contribution in [3.63, 3.8) is 0 Å². The zero-order chi connectivity index (χ0) is 17.4. The average Bonchev–Trinajstić information content (AvgIpc) is 3.09. The Hall–Kier alpha value is -1.12. The Labute approximate surface area is 140 Å². The van der Waals surface area contributed by atoms with E-state index in [1.165, 1.54) is 16.4 Å². The second-order valence-corrected chi connectivity index (χ2v) is 8.34. The Bertz CT molecular complexity index is 677. The van der Waals surface area contributed by atoms with Gasteiger partial charge >= 0.3 is 6.18 Å². The molecule has 2 saturated heterocycles. The summed E-state index contributed by atoms with van der Waals surface area (Å²) in [5.41, 5.74) is -1.09. The molecule has 2 aliphatic rings. The van der Waals surface area contributed by atoms with Gasteiger partial charge in [0.1, 0.15) is 0 Å². The van der Waals surface area contributed by atoms with Gasteiger partial charge in [-0.3, -0.25) is 0 Å². The number of halogens is 3. The van der Waals surface area contributed by atoms with E-state index in [9.17, 15) is 21.6 Å². The number of rotatable bonds is 3. The molecule has 2 heterocycles. The molecule has 2 fully saturated rings. The Morgan fingerprint density at radius 2 is 1.75 bits per heavy atom. The summed E-state index contributed by atoms with van der Waals surface area (Å²) in [7, 11) is -4.13. The van der Waals surface area contributed by atoms with E-state index >= 15 is 0 Å². The van der Waals surface area contributed by atoms with Gasteiger partial charge < -0.3 is 5.32 Å². The summed E-state index contributed by atoms with van der Waals surface area (Å²) in [5, 5.41) is 3.42. The number of benzene rings is 1. The summed E-state index contributed by atoms with van der Waals surface area (Å²) in [5.74, 6) is 0.400. The summed E-state index contributed by atoms with van der Waals surface area (Å²) >= 11 is 0. The van der Waals surface area contributed by atoms with Gasteiger partial charge in [0.25, 0.3) is 0 Å². The van der Waals surface area contributed by atoms with Gasteiger partial charge in [0.05, 0.1) is 10.5 Å². The molecule has 0 amide bonds. The van der Waals surface area contributed by atoms with Gasteiger partial charge in [-0.15, -0.1) is 0 Å². The third kappa shape index (κ3) is 3.45. The van der Waals surface area contributed by atoms with Crippen LogP contribution in [0.1, 0.15) is 31.2 Å². The Morgan fingerprint density at radius 1 is 1.08 bits per heavy atom. The lowest BCUT2D eigenvalue weighted by atomic mass is 9.89. The molecule has 24 heavy (non-hydrogen) atoms. The number of sulfonamides is 1. The first-order valence-electron chi connectivity index (χ1n) is 8.20. The van der Waals surface area contributed by atoms with Crippen molar-refractivity contribution in [2.45, 2.75) is 42.8 Å². The fraction of sp³-hybridized carbons (Fsp3) is 0.625. The highest BCUT2D eigenvalue weighted by Crippen LogP contribution is 2.36. The lowest BCUT2D eigenvalue weighted by Crippen LogP contribution is -2.43. The SMILES string of the molecule is O=S(=O)(c1ccccc1C(F)(F)F)N1CCC(C2CCCN2)CC1. The number of piperidine rings is 1. The van der Waals surface area contributed by atoms with E-state index in [4.69, 9.17) is 0 Å². The highest BCUT2D eigenvalue weighted by molar-refractivity contribution is 7.89. The number of nitrogens with zero attached hydrogens (tertiary/aromatic N) is 1.